The third-order valence-electron chi connectivity index (χ3n) is 2.53. The predicted molar refractivity (Wildman–Crippen MR) is 66.3 cm³/mol. The molecule has 0 saturated carbocycles. The maximum absolute atomic E-state index is 13.6. The minimum Gasteiger partial charge on any atom is -0.453 e. The second-order valence-electron chi connectivity index (χ2n) is 3.86. The van der Waals surface area contributed by atoms with Gasteiger partial charge in [0.25, 0.3) is 5.95 Å². The number of nitrogens with zero attached hydrogens (tertiary/aromatic N) is 4. The van der Waals surface area contributed by atoms with Gasteiger partial charge in [-0.15, -0.1) is 10.2 Å². The highest BCUT2D eigenvalue weighted by atomic mass is 79.9. The monoisotopic (exact) mass is 313 g/mol. The van der Waals surface area contributed by atoms with E-state index in [-0.39, 0.29) is 11.7 Å². The standard InChI is InChI=1S/C10H9BrFN5O/c1-5-14-15-8(18-5)4-17-7-2-6(11)3-13-9(7)10(12)16-17/h2-3,8,15H,4H2,1H3. The molecule has 1 aliphatic rings. The number of nitrogens with one attached hydrogen (secondary N) is 1. The van der Waals surface area contributed by atoms with Crippen LogP contribution in [0, 0.1) is 5.95 Å². The first kappa shape index (κ1) is 11.4. The molecule has 0 spiro atoms. The molecule has 1 unspecified atom stereocenters. The van der Waals surface area contributed by atoms with Gasteiger partial charge in [0, 0.05) is 17.6 Å². The number of hydrogen-bond donors (Lipinski definition) is 1. The molecule has 2 aromatic heterocycles. The van der Waals surface area contributed by atoms with Crippen molar-refractivity contribution in [2.24, 2.45) is 5.10 Å². The Kier molecular flexibility index (Phi) is 2.66. The van der Waals surface area contributed by atoms with E-state index in [1.165, 1.54) is 10.9 Å². The van der Waals surface area contributed by atoms with E-state index in [9.17, 15) is 4.39 Å². The molecule has 6 nitrogen and oxygen atoms in total. The molecule has 0 aromatic carbocycles. The average Bonchev–Trinajstić information content (AvgIpc) is 2.85. The van der Waals surface area contributed by atoms with Crippen molar-refractivity contribution in [3.05, 3.63) is 22.7 Å². The molecule has 0 radical (unpaired) electrons. The van der Waals surface area contributed by atoms with Crippen molar-refractivity contribution in [1.82, 2.24) is 20.2 Å². The lowest BCUT2D eigenvalue weighted by atomic mass is 10.4. The van der Waals surface area contributed by atoms with E-state index in [0.29, 0.717) is 18.0 Å². The third-order valence-corrected chi connectivity index (χ3v) is 2.97. The highest BCUT2D eigenvalue weighted by Gasteiger charge is 2.20. The maximum Gasteiger partial charge on any atom is 0.258 e. The van der Waals surface area contributed by atoms with Gasteiger partial charge in [0.2, 0.25) is 12.1 Å². The summed E-state index contributed by atoms with van der Waals surface area (Å²) < 4.78 is 21.2. The Morgan fingerprint density at radius 1 is 1.61 bits per heavy atom. The van der Waals surface area contributed by atoms with Crippen molar-refractivity contribution in [2.45, 2.75) is 19.7 Å². The largest absolute Gasteiger partial charge is 0.453 e. The van der Waals surface area contributed by atoms with Gasteiger partial charge in [-0.25, -0.2) is 4.98 Å². The number of fused-ring (bicyclic) bond motifs is 1. The average molecular weight is 314 g/mol. The van der Waals surface area contributed by atoms with Gasteiger partial charge in [-0.1, -0.05) is 0 Å². The number of rotatable bonds is 2. The molecule has 94 valence electrons. The summed E-state index contributed by atoms with van der Waals surface area (Å²) >= 11 is 3.30. The van der Waals surface area contributed by atoms with E-state index in [4.69, 9.17) is 4.74 Å². The molecule has 0 fully saturated rings. The molecule has 1 aliphatic heterocycles. The van der Waals surface area contributed by atoms with E-state index < -0.39 is 5.95 Å². The molecule has 0 bridgehead atoms. The summed E-state index contributed by atoms with van der Waals surface area (Å²) in [5.74, 6) is -0.0376. The van der Waals surface area contributed by atoms with Crippen LogP contribution in [0.25, 0.3) is 11.0 Å². The first-order valence-corrected chi connectivity index (χ1v) is 6.07. The Balaban J connectivity index is 1.94. The van der Waals surface area contributed by atoms with Crippen molar-refractivity contribution in [3.8, 4) is 0 Å². The predicted octanol–water partition coefficient (Wildman–Crippen LogP) is 1.61. The first-order chi connectivity index (χ1) is 8.63. The molecule has 3 heterocycles. The quantitative estimate of drug-likeness (QED) is 0.915. The zero-order valence-corrected chi connectivity index (χ0v) is 11.0. The SMILES string of the molecule is CC1=NNC(Cn2nc(F)c3ncc(Br)cc32)O1. The summed E-state index contributed by atoms with van der Waals surface area (Å²) in [6, 6.07) is 1.76. The van der Waals surface area contributed by atoms with Crippen molar-refractivity contribution in [3.63, 3.8) is 0 Å². The maximum atomic E-state index is 13.6. The zero-order chi connectivity index (χ0) is 12.7. The topological polar surface area (TPSA) is 64.3 Å². The Labute approximate surface area is 110 Å². The van der Waals surface area contributed by atoms with E-state index >= 15 is 0 Å². The number of halogens is 2. The van der Waals surface area contributed by atoms with Crippen LogP contribution in [0.3, 0.4) is 0 Å². The molecule has 2 aromatic rings. The molecule has 1 atom stereocenters. The summed E-state index contributed by atoms with van der Waals surface area (Å²) in [6.07, 6.45) is 1.20. The highest BCUT2D eigenvalue weighted by molar-refractivity contribution is 9.10. The smallest absolute Gasteiger partial charge is 0.258 e. The van der Waals surface area contributed by atoms with Crippen LogP contribution >= 0.6 is 15.9 Å². The number of ether oxygens (including phenoxy) is 1. The Morgan fingerprint density at radius 3 is 3.17 bits per heavy atom. The molecule has 3 rings (SSSR count). The van der Waals surface area contributed by atoms with Gasteiger partial charge >= 0.3 is 0 Å². The van der Waals surface area contributed by atoms with Crippen molar-refractivity contribution in [1.29, 1.82) is 0 Å². The molecule has 1 N–H and O–H groups in total. The van der Waals surface area contributed by atoms with Gasteiger partial charge in [-0.05, 0) is 22.0 Å². The summed E-state index contributed by atoms with van der Waals surface area (Å²) in [4.78, 5) is 4.00. The molecule has 0 amide bonds. The lowest BCUT2D eigenvalue weighted by Crippen LogP contribution is -2.28. The second-order valence-corrected chi connectivity index (χ2v) is 4.78. The minimum atomic E-state index is -0.590. The van der Waals surface area contributed by atoms with Crippen LogP contribution < -0.4 is 5.43 Å². The van der Waals surface area contributed by atoms with Gasteiger partial charge in [-0.3, -0.25) is 10.1 Å². The van der Waals surface area contributed by atoms with Crippen LogP contribution in [0.4, 0.5) is 4.39 Å². The Hall–Kier alpha value is -1.70. The number of hydrazone groups is 1. The van der Waals surface area contributed by atoms with Crippen LogP contribution in [0.1, 0.15) is 6.92 Å². The van der Waals surface area contributed by atoms with Crippen LogP contribution in [0.15, 0.2) is 21.8 Å². The van der Waals surface area contributed by atoms with E-state index in [1.807, 2.05) is 0 Å². The van der Waals surface area contributed by atoms with Gasteiger partial charge in [-0.2, -0.15) is 4.39 Å². The highest BCUT2D eigenvalue weighted by Crippen LogP contribution is 2.20. The second kappa shape index (κ2) is 4.20. The molecule has 8 heteroatoms. The van der Waals surface area contributed by atoms with Gasteiger partial charge in [0.05, 0.1) is 12.1 Å². The van der Waals surface area contributed by atoms with E-state index in [2.05, 4.69) is 36.5 Å². The van der Waals surface area contributed by atoms with E-state index in [1.54, 1.807) is 13.0 Å². The fraction of sp³-hybridized carbons (Fsp3) is 0.300. The van der Waals surface area contributed by atoms with Crippen LogP contribution in [0.5, 0.6) is 0 Å². The zero-order valence-electron chi connectivity index (χ0n) is 9.39. The lowest BCUT2D eigenvalue weighted by Gasteiger charge is -2.10. The van der Waals surface area contributed by atoms with Crippen molar-refractivity contribution < 1.29 is 9.13 Å². The van der Waals surface area contributed by atoms with Gasteiger partial charge < -0.3 is 4.74 Å². The van der Waals surface area contributed by atoms with Crippen LogP contribution in [0.2, 0.25) is 0 Å². The van der Waals surface area contributed by atoms with E-state index in [0.717, 1.165) is 4.47 Å². The normalized spacial score (nSPS) is 18.6. The summed E-state index contributed by atoms with van der Waals surface area (Å²) in [7, 11) is 0. The number of aromatic nitrogens is 3. The van der Waals surface area contributed by atoms with Gasteiger partial charge in [0.1, 0.15) is 5.52 Å². The molecule has 18 heavy (non-hydrogen) atoms. The summed E-state index contributed by atoms with van der Waals surface area (Å²) in [6.45, 7) is 2.09. The Bertz CT molecular complexity index is 640. The van der Waals surface area contributed by atoms with Crippen molar-refractivity contribution >= 4 is 32.9 Å². The molecular formula is C10H9BrFN5O. The number of pyridine rings is 1. The molecular weight excluding hydrogens is 305 g/mol. The third kappa shape index (κ3) is 1.92. The minimum absolute atomic E-state index is 0.244. The number of hydrogen-bond acceptors (Lipinski definition) is 5. The summed E-state index contributed by atoms with van der Waals surface area (Å²) in [5, 5.41) is 7.72. The molecule has 0 saturated heterocycles. The fourth-order valence-corrected chi connectivity index (χ4v) is 2.11. The van der Waals surface area contributed by atoms with Crippen LogP contribution in [-0.4, -0.2) is 26.9 Å². The Morgan fingerprint density at radius 2 is 2.44 bits per heavy atom. The molecule has 0 aliphatic carbocycles. The fourth-order valence-electron chi connectivity index (χ4n) is 1.79. The summed E-state index contributed by atoms with van der Waals surface area (Å²) in [5.41, 5.74) is 3.65. The van der Waals surface area contributed by atoms with Crippen molar-refractivity contribution in [2.75, 3.05) is 0 Å². The van der Waals surface area contributed by atoms with Crippen LogP contribution in [-0.2, 0) is 11.3 Å². The lowest BCUT2D eigenvalue weighted by molar-refractivity contribution is 0.160. The first-order valence-electron chi connectivity index (χ1n) is 5.27. The van der Waals surface area contributed by atoms with Gasteiger partial charge in [0.15, 0.2) is 0 Å².